The topological polar surface area (TPSA) is 117 Å². The molecule has 1 rings (SSSR count). The van der Waals surface area contributed by atoms with Crippen molar-refractivity contribution in [1.82, 2.24) is 4.98 Å². The monoisotopic (exact) mass is 276 g/mol. The molecule has 0 aliphatic carbocycles. The van der Waals surface area contributed by atoms with Crippen LogP contribution in [0.25, 0.3) is 0 Å². The van der Waals surface area contributed by atoms with Gasteiger partial charge in [-0.3, -0.25) is 0 Å². The van der Waals surface area contributed by atoms with E-state index in [0.717, 1.165) is 0 Å². The summed E-state index contributed by atoms with van der Waals surface area (Å²) < 4.78 is 0.531. The van der Waals surface area contributed by atoms with Crippen molar-refractivity contribution in [2.75, 3.05) is 5.73 Å². The molecule has 0 spiro atoms. The van der Waals surface area contributed by atoms with Gasteiger partial charge >= 0.3 is 5.97 Å². The summed E-state index contributed by atoms with van der Waals surface area (Å²) in [5.74, 6) is -1.55. The number of rotatable bonds is 3. The molecule has 0 fully saturated rings. The van der Waals surface area contributed by atoms with Gasteiger partial charge in [0.05, 0.1) is 0 Å². The molecule has 1 aromatic rings. The minimum absolute atomic E-state index is 0.0222. The Hall–Kier alpha value is -1.18. The Labute approximate surface area is 93.5 Å². The minimum atomic E-state index is -1.93. The molecule has 2 unspecified atom stereocenters. The number of anilines is 1. The highest BCUT2D eigenvalue weighted by Gasteiger charge is 2.27. The third-order valence-corrected chi connectivity index (χ3v) is 2.22. The van der Waals surface area contributed by atoms with Crippen molar-refractivity contribution in [3.8, 4) is 0 Å². The van der Waals surface area contributed by atoms with Crippen LogP contribution in [0.5, 0.6) is 0 Å². The van der Waals surface area contributed by atoms with E-state index in [4.69, 9.17) is 15.9 Å². The molecule has 82 valence electrons. The number of aliphatic hydroxyl groups excluding tert-OH is 2. The molecule has 7 heteroatoms. The lowest BCUT2D eigenvalue weighted by atomic mass is 10.1. The van der Waals surface area contributed by atoms with Gasteiger partial charge in [0.15, 0.2) is 6.10 Å². The van der Waals surface area contributed by atoms with Crippen LogP contribution in [0.15, 0.2) is 16.7 Å². The van der Waals surface area contributed by atoms with E-state index in [1.807, 2.05) is 0 Å². The maximum absolute atomic E-state index is 10.4. The molecule has 1 heterocycles. The smallest absolute Gasteiger partial charge is 0.335 e. The third kappa shape index (κ3) is 2.65. The number of aromatic nitrogens is 1. The van der Waals surface area contributed by atoms with Gasteiger partial charge in [-0.1, -0.05) is 0 Å². The first kappa shape index (κ1) is 11.9. The highest BCUT2D eigenvalue weighted by molar-refractivity contribution is 9.10. The summed E-state index contributed by atoms with van der Waals surface area (Å²) >= 11 is 3.09. The summed E-state index contributed by atoms with van der Waals surface area (Å²) in [6.07, 6.45) is -2.13. The molecule has 5 N–H and O–H groups in total. The Morgan fingerprint density at radius 2 is 2.13 bits per heavy atom. The number of aliphatic hydroxyl groups is 2. The van der Waals surface area contributed by atoms with Crippen LogP contribution in [-0.2, 0) is 4.79 Å². The van der Waals surface area contributed by atoms with E-state index in [0.29, 0.717) is 4.47 Å². The highest BCUT2D eigenvalue weighted by Crippen LogP contribution is 2.24. The molecule has 2 atom stereocenters. The van der Waals surface area contributed by atoms with Gasteiger partial charge in [-0.05, 0) is 22.0 Å². The maximum atomic E-state index is 10.4. The lowest BCUT2D eigenvalue weighted by molar-refractivity contribution is -0.153. The van der Waals surface area contributed by atoms with Crippen molar-refractivity contribution in [2.45, 2.75) is 12.2 Å². The number of nitrogens with zero attached hydrogens (tertiary/aromatic N) is 1. The van der Waals surface area contributed by atoms with Gasteiger partial charge in [0.2, 0.25) is 0 Å². The summed E-state index contributed by atoms with van der Waals surface area (Å²) in [6.45, 7) is 0. The van der Waals surface area contributed by atoms with Crippen LogP contribution in [0.3, 0.4) is 0 Å². The number of hydrogen-bond acceptors (Lipinski definition) is 5. The van der Waals surface area contributed by atoms with Gasteiger partial charge in [-0.25, -0.2) is 9.78 Å². The SMILES string of the molecule is Nc1ncc(Br)cc1C(O)C(O)C(=O)O. The Balaban J connectivity index is 3.04. The number of nitrogen functional groups attached to an aromatic ring is 1. The molecule has 0 radical (unpaired) electrons. The fourth-order valence-corrected chi connectivity index (χ4v) is 1.36. The Kier molecular flexibility index (Phi) is 3.61. The van der Waals surface area contributed by atoms with Crippen molar-refractivity contribution in [2.24, 2.45) is 0 Å². The first-order valence-corrected chi connectivity index (χ1v) is 4.72. The molecule has 0 saturated heterocycles. The number of hydrogen-bond donors (Lipinski definition) is 4. The molecule has 0 amide bonds. The van der Waals surface area contributed by atoms with E-state index in [1.165, 1.54) is 12.3 Å². The summed E-state index contributed by atoms with van der Waals surface area (Å²) in [6, 6.07) is 1.40. The van der Waals surface area contributed by atoms with Crippen molar-refractivity contribution in [1.29, 1.82) is 0 Å². The van der Waals surface area contributed by atoms with E-state index < -0.39 is 18.2 Å². The van der Waals surface area contributed by atoms with Gasteiger partial charge < -0.3 is 21.1 Å². The molecule has 6 nitrogen and oxygen atoms in total. The summed E-state index contributed by atoms with van der Waals surface area (Å²) in [4.78, 5) is 14.1. The van der Waals surface area contributed by atoms with Crippen LogP contribution >= 0.6 is 15.9 Å². The molecule has 0 aliphatic rings. The molecule has 15 heavy (non-hydrogen) atoms. The molecular formula is C8H9BrN2O4. The first-order valence-electron chi connectivity index (χ1n) is 3.93. The fourth-order valence-electron chi connectivity index (χ4n) is 1.01. The maximum Gasteiger partial charge on any atom is 0.335 e. The zero-order valence-corrected chi connectivity index (χ0v) is 9.05. The van der Waals surface area contributed by atoms with Crippen molar-refractivity contribution < 1.29 is 20.1 Å². The Morgan fingerprint density at radius 1 is 1.53 bits per heavy atom. The van der Waals surface area contributed by atoms with Crippen LogP contribution in [-0.4, -0.2) is 32.4 Å². The number of carboxylic acids is 1. The molecular weight excluding hydrogens is 268 g/mol. The number of halogens is 1. The standard InChI is InChI=1S/C8H9BrN2O4/c9-3-1-4(7(10)11-2-3)5(12)6(13)8(14)15/h1-2,5-6,12-13H,(H2,10,11)(H,14,15). The third-order valence-electron chi connectivity index (χ3n) is 1.79. The van der Waals surface area contributed by atoms with Gasteiger partial charge in [-0.15, -0.1) is 0 Å². The Morgan fingerprint density at radius 3 is 2.67 bits per heavy atom. The Bertz CT molecular complexity index is 385. The molecule has 0 bridgehead atoms. The second kappa shape index (κ2) is 4.56. The largest absolute Gasteiger partial charge is 0.479 e. The van der Waals surface area contributed by atoms with E-state index >= 15 is 0 Å². The van der Waals surface area contributed by atoms with Crippen molar-refractivity contribution in [3.63, 3.8) is 0 Å². The normalized spacial score (nSPS) is 14.6. The van der Waals surface area contributed by atoms with Crippen LogP contribution in [0.4, 0.5) is 5.82 Å². The van der Waals surface area contributed by atoms with Crippen LogP contribution in [0.1, 0.15) is 11.7 Å². The molecule has 0 saturated carbocycles. The summed E-state index contributed by atoms with van der Waals surface area (Å²) in [7, 11) is 0. The van der Waals surface area contributed by atoms with E-state index in [-0.39, 0.29) is 11.4 Å². The average Bonchev–Trinajstić information content (AvgIpc) is 2.19. The van der Waals surface area contributed by atoms with Gasteiger partial charge in [0, 0.05) is 16.2 Å². The minimum Gasteiger partial charge on any atom is -0.479 e. The zero-order valence-electron chi connectivity index (χ0n) is 7.46. The second-order valence-corrected chi connectivity index (χ2v) is 3.77. The number of pyridine rings is 1. The highest BCUT2D eigenvalue weighted by atomic mass is 79.9. The fraction of sp³-hybridized carbons (Fsp3) is 0.250. The van der Waals surface area contributed by atoms with Crippen molar-refractivity contribution >= 4 is 27.7 Å². The predicted octanol–water partition coefficient (Wildman–Crippen LogP) is -0.0948. The number of carbonyl (C=O) groups is 1. The lowest BCUT2D eigenvalue weighted by Gasteiger charge is -2.15. The number of aliphatic carboxylic acids is 1. The van der Waals surface area contributed by atoms with Crippen LogP contribution < -0.4 is 5.73 Å². The second-order valence-electron chi connectivity index (χ2n) is 2.86. The molecule has 0 aliphatic heterocycles. The van der Waals surface area contributed by atoms with Crippen LogP contribution in [0, 0.1) is 0 Å². The summed E-state index contributed by atoms with van der Waals surface area (Å²) in [5.41, 5.74) is 5.50. The van der Waals surface area contributed by atoms with Crippen molar-refractivity contribution in [3.05, 3.63) is 22.3 Å². The first-order chi connectivity index (χ1) is 6.93. The van der Waals surface area contributed by atoms with E-state index in [9.17, 15) is 9.90 Å². The van der Waals surface area contributed by atoms with E-state index in [2.05, 4.69) is 20.9 Å². The molecule has 0 aromatic carbocycles. The van der Waals surface area contributed by atoms with Gasteiger partial charge in [0.1, 0.15) is 11.9 Å². The quantitative estimate of drug-likeness (QED) is 0.613. The lowest BCUT2D eigenvalue weighted by Crippen LogP contribution is -2.28. The zero-order chi connectivity index (χ0) is 11.6. The predicted molar refractivity (Wildman–Crippen MR) is 55.0 cm³/mol. The number of nitrogens with two attached hydrogens (primary N) is 1. The van der Waals surface area contributed by atoms with Gasteiger partial charge in [-0.2, -0.15) is 0 Å². The van der Waals surface area contributed by atoms with Crippen LogP contribution in [0.2, 0.25) is 0 Å². The number of carboxylic acid groups (broad SMARTS) is 1. The van der Waals surface area contributed by atoms with E-state index in [1.54, 1.807) is 0 Å². The summed E-state index contributed by atoms with van der Waals surface area (Å²) in [5, 5.41) is 27.1. The molecule has 1 aromatic heterocycles. The van der Waals surface area contributed by atoms with Gasteiger partial charge in [0.25, 0.3) is 0 Å². The average molecular weight is 277 g/mol.